The highest BCUT2D eigenvalue weighted by Crippen LogP contribution is 2.12. The van der Waals surface area contributed by atoms with Crippen molar-refractivity contribution in [3.05, 3.63) is 60.2 Å². The SMILES string of the molecule is CCNC(=O)c1cccc(NC(=O)NS(=O)(=O)c2ccccc2)c1. The maximum atomic E-state index is 12.1. The molecule has 0 radical (unpaired) electrons. The first kappa shape index (κ1) is 17.5. The minimum atomic E-state index is -3.96. The van der Waals surface area contributed by atoms with E-state index in [0.717, 1.165) is 0 Å². The molecule has 0 saturated carbocycles. The van der Waals surface area contributed by atoms with E-state index >= 15 is 0 Å². The van der Waals surface area contributed by atoms with Crippen molar-refractivity contribution in [3.63, 3.8) is 0 Å². The van der Waals surface area contributed by atoms with Gasteiger partial charge in [0.15, 0.2) is 0 Å². The average molecular weight is 347 g/mol. The molecule has 0 fully saturated rings. The molecule has 0 unspecified atom stereocenters. The van der Waals surface area contributed by atoms with E-state index in [-0.39, 0.29) is 10.8 Å². The van der Waals surface area contributed by atoms with Gasteiger partial charge in [0.05, 0.1) is 4.90 Å². The van der Waals surface area contributed by atoms with Gasteiger partial charge >= 0.3 is 6.03 Å². The Balaban J connectivity index is 2.08. The van der Waals surface area contributed by atoms with E-state index in [1.807, 2.05) is 4.72 Å². The van der Waals surface area contributed by atoms with Gasteiger partial charge in [-0.15, -0.1) is 0 Å². The molecule has 2 rings (SSSR count). The van der Waals surface area contributed by atoms with Crippen LogP contribution in [-0.4, -0.2) is 26.9 Å². The first-order valence-corrected chi connectivity index (χ1v) is 8.68. The number of carbonyl (C=O) groups is 2. The van der Waals surface area contributed by atoms with Crippen molar-refractivity contribution >= 4 is 27.6 Å². The summed E-state index contributed by atoms with van der Waals surface area (Å²) in [5.74, 6) is -0.279. The third-order valence-electron chi connectivity index (χ3n) is 3.00. The minimum Gasteiger partial charge on any atom is -0.352 e. The fourth-order valence-corrected chi connectivity index (χ4v) is 2.87. The Bertz CT molecular complexity index is 835. The van der Waals surface area contributed by atoms with Crippen molar-refractivity contribution in [2.75, 3.05) is 11.9 Å². The molecule has 0 spiro atoms. The van der Waals surface area contributed by atoms with Gasteiger partial charge in [-0.05, 0) is 37.3 Å². The number of hydrogen-bond acceptors (Lipinski definition) is 4. The zero-order valence-electron chi connectivity index (χ0n) is 12.9. The Morgan fingerprint density at radius 1 is 1.00 bits per heavy atom. The summed E-state index contributed by atoms with van der Waals surface area (Å²) in [4.78, 5) is 23.7. The lowest BCUT2D eigenvalue weighted by molar-refractivity contribution is 0.0956. The number of amides is 3. The van der Waals surface area contributed by atoms with E-state index in [2.05, 4.69) is 10.6 Å². The summed E-state index contributed by atoms with van der Waals surface area (Å²) in [5.41, 5.74) is 0.667. The van der Waals surface area contributed by atoms with E-state index in [0.29, 0.717) is 17.8 Å². The molecule has 3 amide bonds. The first-order chi connectivity index (χ1) is 11.4. The molecule has 0 aliphatic rings. The van der Waals surface area contributed by atoms with Crippen LogP contribution in [0.4, 0.5) is 10.5 Å². The Hall–Kier alpha value is -2.87. The number of rotatable bonds is 5. The first-order valence-electron chi connectivity index (χ1n) is 7.19. The van der Waals surface area contributed by atoms with Crippen molar-refractivity contribution in [2.45, 2.75) is 11.8 Å². The summed E-state index contributed by atoms with van der Waals surface area (Å²) < 4.78 is 26.0. The molecular formula is C16H17N3O4S. The van der Waals surface area contributed by atoms with Gasteiger partial charge in [0.1, 0.15) is 0 Å². The van der Waals surface area contributed by atoms with Crippen LogP contribution in [0.5, 0.6) is 0 Å². The molecule has 2 aromatic carbocycles. The van der Waals surface area contributed by atoms with Gasteiger partial charge in [0.2, 0.25) is 0 Å². The summed E-state index contributed by atoms with van der Waals surface area (Å²) in [6.45, 7) is 2.27. The second kappa shape index (κ2) is 7.60. The van der Waals surface area contributed by atoms with Crippen LogP contribution in [-0.2, 0) is 10.0 Å². The van der Waals surface area contributed by atoms with Crippen LogP contribution >= 0.6 is 0 Å². The summed E-state index contributed by atoms with van der Waals surface area (Å²) in [7, 11) is -3.96. The quantitative estimate of drug-likeness (QED) is 0.769. The number of urea groups is 1. The van der Waals surface area contributed by atoms with Gasteiger partial charge in [-0.1, -0.05) is 24.3 Å². The number of benzene rings is 2. The molecule has 0 aliphatic carbocycles. The summed E-state index contributed by atoms with van der Waals surface area (Å²) in [5, 5.41) is 5.03. The smallest absolute Gasteiger partial charge is 0.333 e. The summed E-state index contributed by atoms with van der Waals surface area (Å²) >= 11 is 0. The van der Waals surface area contributed by atoms with Crippen LogP contribution in [0.25, 0.3) is 0 Å². The highest BCUT2D eigenvalue weighted by molar-refractivity contribution is 7.90. The number of carbonyl (C=O) groups excluding carboxylic acids is 2. The summed E-state index contributed by atoms with van der Waals surface area (Å²) in [6.07, 6.45) is 0. The zero-order valence-corrected chi connectivity index (χ0v) is 13.8. The van der Waals surface area contributed by atoms with Crippen LogP contribution in [0.3, 0.4) is 0 Å². The second-order valence-electron chi connectivity index (χ2n) is 4.81. The second-order valence-corrected chi connectivity index (χ2v) is 6.50. The van der Waals surface area contributed by atoms with E-state index in [9.17, 15) is 18.0 Å². The number of anilines is 1. The van der Waals surface area contributed by atoms with Gasteiger partial charge in [0.25, 0.3) is 15.9 Å². The highest BCUT2D eigenvalue weighted by Gasteiger charge is 2.17. The normalized spacial score (nSPS) is 10.7. The van der Waals surface area contributed by atoms with E-state index in [1.54, 1.807) is 43.3 Å². The molecule has 3 N–H and O–H groups in total. The Morgan fingerprint density at radius 2 is 1.71 bits per heavy atom. The lowest BCUT2D eigenvalue weighted by Gasteiger charge is -2.09. The number of nitrogens with one attached hydrogen (secondary N) is 3. The summed E-state index contributed by atoms with van der Waals surface area (Å²) in [6, 6.07) is 12.8. The molecular weight excluding hydrogens is 330 g/mol. The van der Waals surface area contributed by atoms with E-state index in [1.165, 1.54) is 18.2 Å². The van der Waals surface area contributed by atoms with Gasteiger partial charge in [-0.25, -0.2) is 17.9 Å². The third kappa shape index (κ3) is 4.56. The molecule has 0 atom stereocenters. The van der Waals surface area contributed by atoms with E-state index in [4.69, 9.17) is 0 Å². The molecule has 0 aliphatic heterocycles. The Morgan fingerprint density at radius 3 is 2.38 bits per heavy atom. The van der Waals surface area contributed by atoms with Crippen LogP contribution < -0.4 is 15.4 Å². The topological polar surface area (TPSA) is 104 Å². The number of sulfonamides is 1. The van der Waals surface area contributed by atoms with Crippen molar-refractivity contribution in [2.24, 2.45) is 0 Å². The lowest BCUT2D eigenvalue weighted by Crippen LogP contribution is -2.34. The third-order valence-corrected chi connectivity index (χ3v) is 4.35. The van der Waals surface area contributed by atoms with Gasteiger partial charge in [0, 0.05) is 17.8 Å². The van der Waals surface area contributed by atoms with E-state index < -0.39 is 16.1 Å². The minimum absolute atomic E-state index is 0.0174. The van der Waals surface area contributed by atoms with Gasteiger partial charge in [-0.3, -0.25) is 4.79 Å². The molecule has 8 heteroatoms. The maximum absolute atomic E-state index is 12.1. The number of hydrogen-bond donors (Lipinski definition) is 3. The predicted octanol–water partition coefficient (Wildman–Crippen LogP) is 1.95. The van der Waals surface area contributed by atoms with Gasteiger partial charge < -0.3 is 10.6 Å². The molecule has 0 saturated heterocycles. The maximum Gasteiger partial charge on any atom is 0.333 e. The van der Waals surface area contributed by atoms with Crippen LogP contribution in [0.1, 0.15) is 17.3 Å². The van der Waals surface area contributed by atoms with Crippen molar-refractivity contribution < 1.29 is 18.0 Å². The standard InChI is InChI=1S/C16H17N3O4S/c1-2-17-15(20)12-7-6-8-13(11-12)18-16(21)19-24(22,23)14-9-4-3-5-10-14/h3-11H,2H2,1H3,(H,17,20)(H2,18,19,21). The van der Waals surface area contributed by atoms with Crippen LogP contribution in [0.2, 0.25) is 0 Å². The molecule has 2 aromatic rings. The Kier molecular flexibility index (Phi) is 5.54. The zero-order chi connectivity index (χ0) is 17.6. The lowest BCUT2D eigenvalue weighted by atomic mass is 10.2. The highest BCUT2D eigenvalue weighted by atomic mass is 32.2. The largest absolute Gasteiger partial charge is 0.352 e. The fraction of sp³-hybridized carbons (Fsp3) is 0.125. The average Bonchev–Trinajstić information content (AvgIpc) is 2.55. The molecule has 0 bridgehead atoms. The van der Waals surface area contributed by atoms with Crippen molar-refractivity contribution in [1.29, 1.82) is 0 Å². The van der Waals surface area contributed by atoms with Crippen molar-refractivity contribution in [1.82, 2.24) is 10.0 Å². The van der Waals surface area contributed by atoms with Crippen LogP contribution in [0, 0.1) is 0 Å². The van der Waals surface area contributed by atoms with Gasteiger partial charge in [-0.2, -0.15) is 0 Å². The van der Waals surface area contributed by atoms with Crippen LogP contribution in [0.15, 0.2) is 59.5 Å². The Labute approximate surface area is 140 Å². The monoisotopic (exact) mass is 347 g/mol. The fourth-order valence-electron chi connectivity index (χ4n) is 1.94. The molecule has 0 aromatic heterocycles. The molecule has 0 heterocycles. The van der Waals surface area contributed by atoms with Crippen molar-refractivity contribution in [3.8, 4) is 0 Å². The predicted molar refractivity (Wildman–Crippen MR) is 90.2 cm³/mol. The molecule has 24 heavy (non-hydrogen) atoms. The molecule has 126 valence electrons. The molecule has 7 nitrogen and oxygen atoms in total.